The normalized spacial score (nSPS) is 11.7. The van der Waals surface area contributed by atoms with E-state index in [2.05, 4.69) is 15.6 Å². The fourth-order valence-electron chi connectivity index (χ4n) is 2.41. The molecule has 1 atom stereocenters. The Balaban J connectivity index is 1.66. The fourth-order valence-corrected chi connectivity index (χ4v) is 3.89. The number of benzene rings is 1. The molecule has 0 aliphatic heterocycles. The van der Waals surface area contributed by atoms with Gasteiger partial charge in [-0.2, -0.15) is 0 Å². The number of thiophene rings is 1. The van der Waals surface area contributed by atoms with E-state index >= 15 is 0 Å². The van der Waals surface area contributed by atoms with Crippen LogP contribution in [0.25, 0.3) is 10.6 Å². The molecule has 0 bridgehead atoms. The Morgan fingerprint density at radius 3 is 2.60 bits per heavy atom. The minimum atomic E-state index is -0.365. The van der Waals surface area contributed by atoms with Gasteiger partial charge in [0.2, 0.25) is 11.8 Å². The van der Waals surface area contributed by atoms with Crippen molar-refractivity contribution in [1.82, 2.24) is 10.3 Å². The molecule has 0 spiro atoms. The highest BCUT2D eigenvalue weighted by atomic mass is 32.1. The molecule has 0 aliphatic rings. The van der Waals surface area contributed by atoms with Crippen LogP contribution in [0.3, 0.4) is 0 Å². The molecule has 2 aromatic heterocycles. The molecule has 0 saturated heterocycles. The maximum absolute atomic E-state index is 12.4. The zero-order valence-corrected chi connectivity index (χ0v) is 15.2. The third kappa shape index (κ3) is 4.74. The van der Waals surface area contributed by atoms with Gasteiger partial charge in [-0.1, -0.05) is 36.4 Å². The van der Waals surface area contributed by atoms with Crippen molar-refractivity contribution in [2.75, 3.05) is 5.32 Å². The van der Waals surface area contributed by atoms with E-state index in [9.17, 15) is 9.59 Å². The van der Waals surface area contributed by atoms with Gasteiger partial charge in [0.1, 0.15) is 0 Å². The maximum atomic E-state index is 12.4. The Labute approximate surface area is 153 Å². The predicted octanol–water partition coefficient (Wildman–Crippen LogP) is 4.08. The van der Waals surface area contributed by atoms with Crippen LogP contribution in [0.5, 0.6) is 0 Å². The number of rotatable bonds is 6. The highest BCUT2D eigenvalue weighted by molar-refractivity contribution is 7.16. The van der Waals surface area contributed by atoms with Crippen LogP contribution < -0.4 is 10.6 Å². The summed E-state index contributed by atoms with van der Waals surface area (Å²) in [5, 5.41) is 10.1. The van der Waals surface area contributed by atoms with Gasteiger partial charge in [-0.3, -0.25) is 9.59 Å². The lowest BCUT2D eigenvalue weighted by Crippen LogP contribution is -2.29. The summed E-state index contributed by atoms with van der Waals surface area (Å²) in [5.41, 5.74) is 1.75. The van der Waals surface area contributed by atoms with Gasteiger partial charge >= 0.3 is 0 Å². The first-order valence-corrected chi connectivity index (χ1v) is 9.49. The maximum Gasteiger partial charge on any atom is 0.228 e. The van der Waals surface area contributed by atoms with Crippen molar-refractivity contribution < 1.29 is 9.59 Å². The molecule has 3 rings (SSSR count). The van der Waals surface area contributed by atoms with E-state index in [-0.39, 0.29) is 24.3 Å². The predicted molar refractivity (Wildman–Crippen MR) is 102 cm³/mol. The SMILES string of the molecule is CC(=O)NC(CC(=O)Nc1nc(-c2cccs2)cs1)c1ccccc1. The number of aromatic nitrogens is 1. The van der Waals surface area contributed by atoms with E-state index in [1.807, 2.05) is 53.2 Å². The van der Waals surface area contributed by atoms with Crippen LogP contribution in [-0.4, -0.2) is 16.8 Å². The molecule has 2 N–H and O–H groups in total. The number of nitrogens with one attached hydrogen (secondary N) is 2. The summed E-state index contributed by atoms with van der Waals surface area (Å²) in [6.07, 6.45) is 0.150. The van der Waals surface area contributed by atoms with Crippen LogP contribution in [-0.2, 0) is 9.59 Å². The van der Waals surface area contributed by atoms with E-state index in [4.69, 9.17) is 0 Å². The van der Waals surface area contributed by atoms with Gasteiger partial charge in [-0.25, -0.2) is 4.98 Å². The molecule has 1 unspecified atom stereocenters. The van der Waals surface area contributed by atoms with Crippen LogP contribution in [0.2, 0.25) is 0 Å². The Morgan fingerprint density at radius 2 is 1.92 bits per heavy atom. The molecule has 0 aliphatic carbocycles. The molecule has 2 heterocycles. The van der Waals surface area contributed by atoms with Gasteiger partial charge in [0.25, 0.3) is 0 Å². The minimum Gasteiger partial charge on any atom is -0.349 e. The Kier molecular flexibility index (Phi) is 5.57. The minimum absolute atomic E-state index is 0.150. The number of anilines is 1. The zero-order chi connectivity index (χ0) is 17.6. The van der Waals surface area contributed by atoms with Crippen molar-refractivity contribution in [2.45, 2.75) is 19.4 Å². The van der Waals surface area contributed by atoms with Gasteiger partial charge < -0.3 is 10.6 Å². The topological polar surface area (TPSA) is 71.1 Å². The Bertz CT molecular complexity index is 844. The van der Waals surface area contributed by atoms with Gasteiger partial charge in [0.05, 0.1) is 23.0 Å². The average Bonchev–Trinajstić information content (AvgIpc) is 3.26. The molecule has 7 heteroatoms. The first-order valence-electron chi connectivity index (χ1n) is 7.73. The highest BCUT2D eigenvalue weighted by Gasteiger charge is 2.18. The van der Waals surface area contributed by atoms with Gasteiger partial charge in [0.15, 0.2) is 5.13 Å². The number of carbonyl (C=O) groups excluding carboxylic acids is 2. The van der Waals surface area contributed by atoms with Crippen molar-refractivity contribution in [2.24, 2.45) is 0 Å². The van der Waals surface area contributed by atoms with Gasteiger partial charge in [-0.15, -0.1) is 22.7 Å². The number of hydrogen-bond acceptors (Lipinski definition) is 5. The van der Waals surface area contributed by atoms with Crippen molar-refractivity contribution in [3.8, 4) is 10.6 Å². The number of amides is 2. The number of thiazole rings is 1. The summed E-state index contributed by atoms with van der Waals surface area (Å²) in [4.78, 5) is 29.3. The smallest absolute Gasteiger partial charge is 0.228 e. The molecular formula is C18H17N3O2S2. The van der Waals surface area contributed by atoms with Crippen LogP contribution in [0.1, 0.15) is 24.9 Å². The van der Waals surface area contributed by atoms with Crippen LogP contribution >= 0.6 is 22.7 Å². The van der Waals surface area contributed by atoms with Crippen molar-refractivity contribution in [3.63, 3.8) is 0 Å². The number of hydrogen-bond donors (Lipinski definition) is 2. The zero-order valence-electron chi connectivity index (χ0n) is 13.6. The summed E-state index contributed by atoms with van der Waals surface area (Å²) in [6, 6.07) is 13.1. The summed E-state index contributed by atoms with van der Waals surface area (Å²) < 4.78 is 0. The Morgan fingerprint density at radius 1 is 1.12 bits per heavy atom. The molecule has 0 saturated carbocycles. The summed E-state index contributed by atoms with van der Waals surface area (Å²) in [7, 11) is 0. The standard InChI is InChI=1S/C18H17N3O2S2/c1-12(22)19-14(13-6-3-2-4-7-13)10-17(23)21-18-20-15(11-25-18)16-8-5-9-24-16/h2-9,11,14H,10H2,1H3,(H,19,22)(H,20,21,23). The van der Waals surface area contributed by atoms with Crippen LogP contribution in [0.15, 0.2) is 53.2 Å². The van der Waals surface area contributed by atoms with Crippen LogP contribution in [0.4, 0.5) is 5.13 Å². The highest BCUT2D eigenvalue weighted by Crippen LogP contribution is 2.28. The molecule has 128 valence electrons. The van der Waals surface area contributed by atoms with Crippen LogP contribution in [0, 0.1) is 0 Å². The second kappa shape index (κ2) is 8.04. The van der Waals surface area contributed by atoms with E-state index < -0.39 is 0 Å². The number of carbonyl (C=O) groups is 2. The average molecular weight is 371 g/mol. The first kappa shape index (κ1) is 17.3. The van der Waals surface area contributed by atoms with E-state index in [1.165, 1.54) is 18.3 Å². The van der Waals surface area contributed by atoms with Crippen molar-refractivity contribution in [3.05, 3.63) is 58.8 Å². The largest absolute Gasteiger partial charge is 0.349 e. The summed E-state index contributed by atoms with van der Waals surface area (Å²) in [5.74, 6) is -0.356. The third-order valence-corrected chi connectivity index (χ3v) is 5.14. The number of nitrogens with zero attached hydrogens (tertiary/aromatic N) is 1. The van der Waals surface area contributed by atoms with E-state index in [1.54, 1.807) is 11.3 Å². The molecule has 5 nitrogen and oxygen atoms in total. The molecule has 25 heavy (non-hydrogen) atoms. The Hall–Kier alpha value is -2.51. The van der Waals surface area contributed by atoms with E-state index in [0.717, 1.165) is 16.1 Å². The van der Waals surface area contributed by atoms with E-state index in [0.29, 0.717) is 5.13 Å². The lowest BCUT2D eigenvalue weighted by Gasteiger charge is -2.17. The van der Waals surface area contributed by atoms with Gasteiger partial charge in [-0.05, 0) is 17.0 Å². The monoisotopic (exact) mass is 371 g/mol. The quantitative estimate of drug-likeness (QED) is 0.686. The molecular weight excluding hydrogens is 354 g/mol. The fraction of sp³-hybridized carbons (Fsp3) is 0.167. The van der Waals surface area contributed by atoms with Crippen molar-refractivity contribution in [1.29, 1.82) is 0 Å². The molecule has 0 radical (unpaired) electrons. The third-order valence-electron chi connectivity index (χ3n) is 3.49. The summed E-state index contributed by atoms with van der Waals surface area (Å²) >= 11 is 3.00. The van der Waals surface area contributed by atoms with Gasteiger partial charge in [0, 0.05) is 12.3 Å². The second-order valence-corrected chi connectivity index (χ2v) is 7.24. The molecule has 2 amide bonds. The lowest BCUT2D eigenvalue weighted by atomic mass is 10.0. The molecule has 1 aromatic carbocycles. The summed E-state index contributed by atoms with van der Waals surface area (Å²) in [6.45, 7) is 1.45. The first-order chi connectivity index (χ1) is 12.1. The van der Waals surface area contributed by atoms with Crippen molar-refractivity contribution >= 4 is 39.6 Å². The second-order valence-electron chi connectivity index (χ2n) is 5.43. The molecule has 0 fully saturated rings. The lowest BCUT2D eigenvalue weighted by molar-refractivity contribution is -0.120. The molecule has 3 aromatic rings.